The van der Waals surface area contributed by atoms with E-state index in [4.69, 9.17) is 4.42 Å². The van der Waals surface area contributed by atoms with Gasteiger partial charge in [0, 0.05) is 4.47 Å². The molecule has 0 saturated carbocycles. The molecule has 5 nitrogen and oxygen atoms in total. The van der Waals surface area contributed by atoms with Gasteiger partial charge in [0.25, 0.3) is 11.7 Å². The largest absolute Gasteiger partial charge is 0.456 e. The minimum Gasteiger partial charge on any atom is -0.456 e. The van der Waals surface area contributed by atoms with Crippen LogP contribution in [0.3, 0.4) is 0 Å². The number of anilines is 1. The van der Waals surface area contributed by atoms with Crippen molar-refractivity contribution < 1.29 is 18.8 Å². The first kappa shape index (κ1) is 12.8. The van der Waals surface area contributed by atoms with Crippen LogP contribution < -0.4 is 4.90 Å². The van der Waals surface area contributed by atoms with Gasteiger partial charge in [-0.3, -0.25) is 19.3 Å². The molecule has 1 aliphatic rings. The van der Waals surface area contributed by atoms with Crippen LogP contribution in [-0.2, 0) is 11.3 Å². The van der Waals surface area contributed by atoms with E-state index in [9.17, 15) is 14.4 Å². The Morgan fingerprint density at radius 3 is 2.70 bits per heavy atom. The first-order valence-corrected chi connectivity index (χ1v) is 6.59. The number of furan rings is 1. The summed E-state index contributed by atoms with van der Waals surface area (Å²) in [6.07, 6.45) is 0.588. The lowest BCUT2D eigenvalue weighted by Gasteiger charge is -2.16. The van der Waals surface area contributed by atoms with Gasteiger partial charge in [-0.15, -0.1) is 0 Å². The molecule has 1 aromatic carbocycles. The molecule has 0 bridgehead atoms. The van der Waals surface area contributed by atoms with Crippen molar-refractivity contribution >= 4 is 39.6 Å². The van der Waals surface area contributed by atoms with Crippen molar-refractivity contribution in [3.63, 3.8) is 0 Å². The standard InChI is InChI=1S/C14H8BrNO4/c15-11-3-1-2-10-12(11)16(14(19)13(10)18)6-8-4-5-9(7-17)20-8/h1-5,7H,6H2. The second-order valence-electron chi connectivity index (χ2n) is 4.28. The fraction of sp³-hybridized carbons (Fsp3) is 0.0714. The number of halogens is 1. The van der Waals surface area contributed by atoms with Gasteiger partial charge in [-0.25, -0.2) is 0 Å². The summed E-state index contributed by atoms with van der Waals surface area (Å²) in [6, 6.07) is 8.20. The van der Waals surface area contributed by atoms with Crippen LogP contribution in [0, 0.1) is 0 Å². The maximum Gasteiger partial charge on any atom is 0.299 e. The fourth-order valence-corrected chi connectivity index (χ4v) is 2.74. The monoisotopic (exact) mass is 333 g/mol. The Morgan fingerprint density at radius 1 is 1.20 bits per heavy atom. The second-order valence-corrected chi connectivity index (χ2v) is 5.13. The van der Waals surface area contributed by atoms with Crippen molar-refractivity contribution in [2.75, 3.05) is 4.90 Å². The van der Waals surface area contributed by atoms with Crippen LogP contribution in [0.4, 0.5) is 5.69 Å². The van der Waals surface area contributed by atoms with Gasteiger partial charge in [-0.1, -0.05) is 6.07 Å². The molecule has 2 aromatic rings. The molecule has 1 aromatic heterocycles. The van der Waals surface area contributed by atoms with Crippen molar-refractivity contribution in [2.45, 2.75) is 6.54 Å². The van der Waals surface area contributed by atoms with E-state index >= 15 is 0 Å². The average molecular weight is 334 g/mol. The smallest absolute Gasteiger partial charge is 0.299 e. The van der Waals surface area contributed by atoms with Gasteiger partial charge < -0.3 is 4.42 Å². The van der Waals surface area contributed by atoms with Crippen molar-refractivity contribution in [2.24, 2.45) is 0 Å². The van der Waals surface area contributed by atoms with E-state index in [1.807, 2.05) is 0 Å². The Morgan fingerprint density at radius 2 is 2.00 bits per heavy atom. The summed E-state index contributed by atoms with van der Waals surface area (Å²) in [7, 11) is 0. The number of hydrogen-bond donors (Lipinski definition) is 0. The Hall–Kier alpha value is -2.21. The number of para-hydroxylation sites is 1. The molecule has 20 heavy (non-hydrogen) atoms. The van der Waals surface area contributed by atoms with Gasteiger partial charge in [-0.05, 0) is 40.2 Å². The summed E-state index contributed by atoms with van der Waals surface area (Å²) < 4.78 is 5.91. The Kier molecular flexibility index (Phi) is 3.02. The molecule has 0 saturated heterocycles. The molecule has 0 radical (unpaired) electrons. The molecular formula is C14H8BrNO4. The fourth-order valence-electron chi connectivity index (χ4n) is 2.16. The second kappa shape index (κ2) is 4.72. The normalized spacial score (nSPS) is 13.8. The van der Waals surface area contributed by atoms with Crippen molar-refractivity contribution in [3.8, 4) is 0 Å². The summed E-state index contributed by atoms with van der Waals surface area (Å²) in [4.78, 5) is 35.9. The lowest BCUT2D eigenvalue weighted by molar-refractivity contribution is -0.114. The zero-order chi connectivity index (χ0) is 14.3. The molecule has 0 N–H and O–H groups in total. The summed E-state index contributed by atoms with van der Waals surface area (Å²) in [6.45, 7) is 0.105. The number of benzene rings is 1. The molecule has 0 aliphatic carbocycles. The number of fused-ring (bicyclic) bond motifs is 1. The summed E-state index contributed by atoms with van der Waals surface area (Å²) >= 11 is 3.34. The number of carbonyl (C=O) groups excluding carboxylic acids is 3. The van der Waals surface area contributed by atoms with Crippen LogP contribution in [0.15, 0.2) is 39.2 Å². The Labute approximate surface area is 122 Å². The maximum atomic E-state index is 12.0. The van der Waals surface area contributed by atoms with Gasteiger partial charge in [-0.2, -0.15) is 0 Å². The van der Waals surface area contributed by atoms with Crippen LogP contribution in [0.1, 0.15) is 26.7 Å². The van der Waals surface area contributed by atoms with Crippen LogP contribution >= 0.6 is 15.9 Å². The molecular weight excluding hydrogens is 326 g/mol. The zero-order valence-corrected chi connectivity index (χ0v) is 11.7. The number of carbonyl (C=O) groups is 3. The van der Waals surface area contributed by atoms with Gasteiger partial charge >= 0.3 is 0 Å². The van der Waals surface area contributed by atoms with Crippen molar-refractivity contribution in [3.05, 3.63) is 51.9 Å². The number of rotatable bonds is 3. The van der Waals surface area contributed by atoms with Gasteiger partial charge in [0.2, 0.25) is 0 Å². The van der Waals surface area contributed by atoms with Crippen LogP contribution in [0.2, 0.25) is 0 Å². The number of aldehydes is 1. The molecule has 6 heteroatoms. The molecule has 1 aliphatic heterocycles. The highest BCUT2D eigenvalue weighted by Gasteiger charge is 2.37. The topological polar surface area (TPSA) is 67.6 Å². The Bertz CT molecular complexity index is 735. The summed E-state index contributed by atoms with van der Waals surface area (Å²) in [5.41, 5.74) is 0.901. The quantitative estimate of drug-likeness (QED) is 0.639. The SMILES string of the molecule is O=Cc1ccc(CN2C(=O)C(=O)c3cccc(Br)c32)o1. The van der Waals surface area contributed by atoms with E-state index in [0.717, 1.165) is 0 Å². The highest BCUT2D eigenvalue weighted by molar-refractivity contribution is 9.10. The summed E-state index contributed by atoms with van der Waals surface area (Å²) in [5, 5.41) is 0. The minimum absolute atomic E-state index is 0.105. The van der Waals surface area contributed by atoms with Crippen LogP contribution in [0.25, 0.3) is 0 Å². The van der Waals surface area contributed by atoms with Gasteiger partial charge in [0.15, 0.2) is 12.0 Å². The molecule has 100 valence electrons. The zero-order valence-electron chi connectivity index (χ0n) is 10.1. The molecule has 3 rings (SSSR count). The highest BCUT2D eigenvalue weighted by Crippen LogP contribution is 2.36. The molecule has 2 heterocycles. The van der Waals surface area contributed by atoms with Crippen molar-refractivity contribution in [1.29, 1.82) is 0 Å². The average Bonchev–Trinajstić information content (AvgIpc) is 2.99. The summed E-state index contributed by atoms with van der Waals surface area (Å²) in [5.74, 6) is -0.512. The van der Waals surface area contributed by atoms with E-state index < -0.39 is 11.7 Å². The van der Waals surface area contributed by atoms with Crippen LogP contribution in [-0.4, -0.2) is 18.0 Å². The Balaban J connectivity index is 2.00. The highest BCUT2D eigenvalue weighted by atomic mass is 79.9. The number of nitrogens with zero attached hydrogens (tertiary/aromatic N) is 1. The number of Topliss-reactive ketones (excluding diaryl/α,β-unsaturated/α-hetero) is 1. The van der Waals surface area contributed by atoms with Crippen LogP contribution in [0.5, 0.6) is 0 Å². The molecule has 0 spiro atoms. The van der Waals surface area contributed by atoms with E-state index in [0.29, 0.717) is 27.8 Å². The third-order valence-corrected chi connectivity index (χ3v) is 3.69. The van der Waals surface area contributed by atoms with E-state index in [-0.39, 0.29) is 12.3 Å². The predicted octanol–water partition coefficient (Wildman–Crippen LogP) is 2.58. The first-order valence-electron chi connectivity index (χ1n) is 5.80. The molecule has 0 fully saturated rings. The van der Waals surface area contributed by atoms with E-state index in [1.54, 1.807) is 24.3 Å². The van der Waals surface area contributed by atoms with Gasteiger partial charge in [0.1, 0.15) is 5.76 Å². The number of ketones is 1. The van der Waals surface area contributed by atoms with Gasteiger partial charge in [0.05, 0.1) is 17.8 Å². The first-order chi connectivity index (χ1) is 9.61. The lowest BCUT2D eigenvalue weighted by atomic mass is 10.1. The number of amides is 1. The third-order valence-electron chi connectivity index (χ3n) is 3.05. The van der Waals surface area contributed by atoms with E-state index in [2.05, 4.69) is 15.9 Å². The van der Waals surface area contributed by atoms with E-state index in [1.165, 1.54) is 11.0 Å². The predicted molar refractivity (Wildman–Crippen MR) is 73.8 cm³/mol. The lowest BCUT2D eigenvalue weighted by Crippen LogP contribution is -2.29. The third kappa shape index (κ3) is 1.89. The molecule has 1 amide bonds. The molecule has 0 unspecified atom stereocenters. The molecule has 0 atom stereocenters. The minimum atomic E-state index is -0.601. The number of hydrogen-bond acceptors (Lipinski definition) is 4. The maximum absolute atomic E-state index is 12.0. The van der Waals surface area contributed by atoms with Crippen molar-refractivity contribution in [1.82, 2.24) is 0 Å².